The smallest absolute Gasteiger partial charge is 0.227 e. The molecule has 0 bridgehead atoms. The number of halogens is 2. The summed E-state index contributed by atoms with van der Waals surface area (Å²) in [6.07, 6.45) is 8.81. The zero-order valence-electron chi connectivity index (χ0n) is 12.2. The average Bonchev–Trinajstić information content (AvgIpc) is 2.88. The normalized spacial score (nSPS) is 21.0. The second-order valence-electron chi connectivity index (χ2n) is 6.32. The van der Waals surface area contributed by atoms with Gasteiger partial charge in [0.15, 0.2) is 0 Å². The van der Waals surface area contributed by atoms with Gasteiger partial charge in [0.05, 0.1) is 16.5 Å². The van der Waals surface area contributed by atoms with Gasteiger partial charge in [0, 0.05) is 12.1 Å². The molecule has 0 atom stereocenters. The Morgan fingerprint density at radius 1 is 1.10 bits per heavy atom. The minimum Gasteiger partial charge on any atom is -0.337 e. The zero-order valence-corrected chi connectivity index (χ0v) is 13.7. The van der Waals surface area contributed by atoms with E-state index in [1.54, 1.807) is 6.07 Å². The number of hydrogen-bond acceptors (Lipinski definition) is 1. The molecular formula is C17H21Cl2NO. The molecule has 0 radical (unpaired) electrons. The molecule has 2 aliphatic rings. The summed E-state index contributed by atoms with van der Waals surface area (Å²) >= 11 is 12.3. The first-order chi connectivity index (χ1) is 10.1. The molecule has 1 spiro atoms. The van der Waals surface area contributed by atoms with E-state index in [-0.39, 0.29) is 11.4 Å². The highest BCUT2D eigenvalue weighted by Crippen LogP contribution is 2.42. The molecule has 1 heterocycles. The zero-order chi connectivity index (χ0) is 14.9. The Balaban J connectivity index is 1.77. The summed E-state index contributed by atoms with van der Waals surface area (Å²) < 4.78 is 0. The van der Waals surface area contributed by atoms with Crippen molar-refractivity contribution in [1.82, 2.24) is 4.90 Å². The van der Waals surface area contributed by atoms with Crippen molar-refractivity contribution in [2.24, 2.45) is 0 Å². The van der Waals surface area contributed by atoms with Gasteiger partial charge in [-0.05, 0) is 37.3 Å². The van der Waals surface area contributed by atoms with Crippen molar-refractivity contribution in [2.45, 2.75) is 56.9 Å². The molecule has 4 heteroatoms. The number of hydrogen-bond donors (Lipinski definition) is 0. The lowest BCUT2D eigenvalue weighted by molar-refractivity contribution is -0.135. The van der Waals surface area contributed by atoms with Crippen LogP contribution in [0.5, 0.6) is 0 Å². The average molecular weight is 326 g/mol. The van der Waals surface area contributed by atoms with Crippen molar-refractivity contribution in [3.63, 3.8) is 0 Å². The highest BCUT2D eigenvalue weighted by molar-refractivity contribution is 6.42. The lowest BCUT2D eigenvalue weighted by Crippen LogP contribution is -2.49. The van der Waals surface area contributed by atoms with Crippen LogP contribution in [0.15, 0.2) is 18.2 Å². The van der Waals surface area contributed by atoms with E-state index in [9.17, 15) is 4.79 Å². The van der Waals surface area contributed by atoms with Gasteiger partial charge in [0.25, 0.3) is 0 Å². The van der Waals surface area contributed by atoms with Crippen LogP contribution in [0.1, 0.15) is 50.5 Å². The molecule has 1 aromatic carbocycles. The summed E-state index contributed by atoms with van der Waals surface area (Å²) in [4.78, 5) is 14.9. The summed E-state index contributed by atoms with van der Waals surface area (Å²) in [7, 11) is 0. The molecule has 21 heavy (non-hydrogen) atoms. The van der Waals surface area contributed by atoms with Gasteiger partial charge >= 0.3 is 0 Å². The van der Waals surface area contributed by atoms with E-state index in [0.717, 1.165) is 18.5 Å². The van der Waals surface area contributed by atoms with E-state index in [4.69, 9.17) is 23.2 Å². The van der Waals surface area contributed by atoms with Crippen molar-refractivity contribution in [3.05, 3.63) is 33.8 Å². The van der Waals surface area contributed by atoms with Crippen LogP contribution >= 0.6 is 23.2 Å². The summed E-state index contributed by atoms with van der Waals surface area (Å²) in [5, 5.41) is 1.04. The fourth-order valence-corrected chi connectivity index (χ4v) is 4.39. The minimum atomic E-state index is 0.139. The lowest BCUT2D eigenvalue weighted by Gasteiger charge is -2.41. The van der Waals surface area contributed by atoms with Crippen LogP contribution in [0.3, 0.4) is 0 Å². The van der Waals surface area contributed by atoms with E-state index < -0.39 is 0 Å². The first-order valence-electron chi connectivity index (χ1n) is 7.86. The first kappa shape index (κ1) is 15.2. The molecule has 1 amide bonds. The molecule has 1 aliphatic carbocycles. The number of benzene rings is 1. The lowest BCUT2D eigenvalue weighted by atomic mass is 9.79. The molecule has 114 valence electrons. The topological polar surface area (TPSA) is 20.3 Å². The van der Waals surface area contributed by atoms with Gasteiger partial charge < -0.3 is 4.90 Å². The van der Waals surface area contributed by atoms with E-state index >= 15 is 0 Å². The predicted octanol–water partition coefficient (Wildman–Crippen LogP) is 4.86. The van der Waals surface area contributed by atoms with Crippen LogP contribution < -0.4 is 0 Å². The minimum absolute atomic E-state index is 0.139. The standard InChI is InChI=1S/C17H21Cl2NO/c18-14-7-4-6-13(16(14)19)12-15(21)20-11-5-10-17(20)8-2-1-3-9-17/h4,6-7H,1-3,5,8-12H2. The Morgan fingerprint density at radius 2 is 1.81 bits per heavy atom. The van der Waals surface area contributed by atoms with Gasteiger partial charge in [0.1, 0.15) is 0 Å². The highest BCUT2D eigenvalue weighted by atomic mass is 35.5. The fourth-order valence-electron chi connectivity index (χ4n) is 4.00. The monoisotopic (exact) mass is 325 g/mol. The van der Waals surface area contributed by atoms with Crippen molar-refractivity contribution < 1.29 is 4.79 Å². The Kier molecular flexibility index (Phi) is 4.46. The molecule has 1 saturated heterocycles. The maximum absolute atomic E-state index is 12.8. The number of amides is 1. The molecule has 2 nitrogen and oxygen atoms in total. The predicted molar refractivity (Wildman–Crippen MR) is 86.9 cm³/mol. The Morgan fingerprint density at radius 3 is 2.57 bits per heavy atom. The Hall–Kier alpha value is -0.730. The number of carbonyl (C=O) groups excluding carboxylic acids is 1. The van der Waals surface area contributed by atoms with Crippen molar-refractivity contribution in [2.75, 3.05) is 6.54 Å². The Bertz CT molecular complexity index is 538. The van der Waals surface area contributed by atoms with Gasteiger partial charge in [0.2, 0.25) is 5.91 Å². The molecule has 0 N–H and O–H groups in total. The number of carbonyl (C=O) groups is 1. The molecule has 3 rings (SSSR count). The van der Waals surface area contributed by atoms with E-state index in [1.807, 2.05) is 12.1 Å². The molecule has 1 aromatic rings. The van der Waals surface area contributed by atoms with Crippen molar-refractivity contribution in [1.29, 1.82) is 0 Å². The van der Waals surface area contributed by atoms with Gasteiger partial charge in [-0.25, -0.2) is 0 Å². The molecular weight excluding hydrogens is 305 g/mol. The second kappa shape index (κ2) is 6.18. The summed E-state index contributed by atoms with van der Waals surface area (Å²) in [5.74, 6) is 0.207. The third kappa shape index (κ3) is 2.93. The van der Waals surface area contributed by atoms with Crippen molar-refractivity contribution in [3.8, 4) is 0 Å². The third-order valence-corrected chi connectivity index (χ3v) is 5.91. The van der Waals surface area contributed by atoms with Crippen LogP contribution in [-0.4, -0.2) is 22.9 Å². The van der Waals surface area contributed by atoms with Crippen LogP contribution in [0, 0.1) is 0 Å². The van der Waals surface area contributed by atoms with Gasteiger partial charge in [-0.1, -0.05) is 54.6 Å². The first-order valence-corrected chi connectivity index (χ1v) is 8.61. The number of nitrogens with zero attached hydrogens (tertiary/aromatic N) is 1. The van der Waals surface area contributed by atoms with E-state index in [2.05, 4.69) is 4.90 Å². The van der Waals surface area contributed by atoms with Crippen molar-refractivity contribution >= 4 is 29.1 Å². The maximum Gasteiger partial charge on any atom is 0.227 e. The van der Waals surface area contributed by atoms with Crippen LogP contribution in [0.25, 0.3) is 0 Å². The van der Waals surface area contributed by atoms with Gasteiger partial charge in [-0.3, -0.25) is 4.79 Å². The van der Waals surface area contributed by atoms with Crippen LogP contribution in [0.4, 0.5) is 0 Å². The maximum atomic E-state index is 12.8. The summed E-state index contributed by atoms with van der Waals surface area (Å²) in [5.41, 5.74) is 0.979. The van der Waals surface area contributed by atoms with Crippen LogP contribution in [-0.2, 0) is 11.2 Å². The van der Waals surface area contributed by atoms with E-state index in [1.165, 1.54) is 38.5 Å². The van der Waals surface area contributed by atoms with E-state index in [0.29, 0.717) is 16.5 Å². The largest absolute Gasteiger partial charge is 0.337 e. The molecule has 1 aliphatic heterocycles. The summed E-state index contributed by atoms with van der Waals surface area (Å²) in [6, 6.07) is 5.52. The quantitative estimate of drug-likeness (QED) is 0.760. The van der Waals surface area contributed by atoms with Gasteiger partial charge in [-0.2, -0.15) is 0 Å². The number of likely N-dealkylation sites (tertiary alicyclic amines) is 1. The fraction of sp³-hybridized carbons (Fsp3) is 0.588. The van der Waals surface area contributed by atoms with Crippen LogP contribution in [0.2, 0.25) is 10.0 Å². The molecule has 1 saturated carbocycles. The second-order valence-corrected chi connectivity index (χ2v) is 7.11. The SMILES string of the molecule is O=C(Cc1cccc(Cl)c1Cl)N1CCCC12CCCCC2. The molecule has 0 unspecified atom stereocenters. The highest BCUT2D eigenvalue weighted by Gasteiger charge is 2.43. The summed E-state index contributed by atoms with van der Waals surface area (Å²) in [6.45, 7) is 0.900. The number of rotatable bonds is 2. The third-order valence-electron chi connectivity index (χ3n) is 5.06. The molecule has 0 aromatic heterocycles. The Labute approximate surface area is 136 Å². The van der Waals surface area contributed by atoms with Gasteiger partial charge in [-0.15, -0.1) is 0 Å². The molecule has 2 fully saturated rings.